The van der Waals surface area contributed by atoms with Crippen molar-refractivity contribution in [3.05, 3.63) is 18.0 Å². The van der Waals surface area contributed by atoms with E-state index in [4.69, 9.17) is 0 Å². The second-order valence-electron chi connectivity index (χ2n) is 4.75. The average molecular weight is 294 g/mol. The van der Waals surface area contributed by atoms with Gasteiger partial charge in [0.1, 0.15) is 6.10 Å². The van der Waals surface area contributed by atoms with Crippen molar-refractivity contribution in [2.24, 2.45) is 0 Å². The summed E-state index contributed by atoms with van der Waals surface area (Å²) in [6.45, 7) is 3.63. The van der Waals surface area contributed by atoms with Crippen LogP contribution in [0.15, 0.2) is 12.4 Å². The molecule has 0 saturated carbocycles. The molecule has 21 heavy (non-hydrogen) atoms. The van der Waals surface area contributed by atoms with Crippen molar-refractivity contribution in [1.29, 1.82) is 0 Å². The van der Waals surface area contributed by atoms with E-state index in [2.05, 4.69) is 14.7 Å². The van der Waals surface area contributed by atoms with Crippen LogP contribution >= 0.6 is 0 Å². The highest BCUT2D eigenvalue weighted by atomic mass is 16.5. The quantitative estimate of drug-likeness (QED) is 0.736. The smallest absolute Gasteiger partial charge is 0.341 e. The van der Waals surface area contributed by atoms with Gasteiger partial charge in [0.25, 0.3) is 5.91 Å². The Kier molecular flexibility index (Phi) is 4.69. The Morgan fingerprint density at radius 1 is 1.24 bits per heavy atom. The number of carbonyl (C=O) groups excluding carboxylic acids is 2. The number of ether oxygens (including phenoxy) is 1. The van der Waals surface area contributed by atoms with Crippen molar-refractivity contribution < 1.29 is 19.4 Å². The third kappa shape index (κ3) is 3.46. The predicted molar refractivity (Wildman–Crippen MR) is 73.8 cm³/mol. The van der Waals surface area contributed by atoms with E-state index in [1.54, 1.807) is 4.90 Å². The number of hydrogen-bond donors (Lipinski definition) is 1. The monoisotopic (exact) mass is 294 g/mol. The lowest BCUT2D eigenvalue weighted by molar-refractivity contribution is -0.139. The zero-order valence-corrected chi connectivity index (χ0v) is 12.0. The van der Waals surface area contributed by atoms with Gasteiger partial charge in [-0.15, -0.1) is 0 Å². The zero-order chi connectivity index (χ0) is 15.4. The molecule has 1 amide bonds. The number of anilines is 1. The van der Waals surface area contributed by atoms with E-state index in [1.807, 2.05) is 4.90 Å². The van der Waals surface area contributed by atoms with Gasteiger partial charge in [-0.05, 0) is 6.92 Å². The van der Waals surface area contributed by atoms with Gasteiger partial charge in [0.05, 0.1) is 12.7 Å². The van der Waals surface area contributed by atoms with Crippen LogP contribution < -0.4 is 4.90 Å². The summed E-state index contributed by atoms with van der Waals surface area (Å²) in [4.78, 5) is 34.8. The summed E-state index contributed by atoms with van der Waals surface area (Å²) >= 11 is 0. The molecule has 0 bridgehead atoms. The Balaban J connectivity index is 1.96. The van der Waals surface area contributed by atoms with Gasteiger partial charge in [-0.3, -0.25) is 4.79 Å². The Labute approximate surface area is 122 Å². The predicted octanol–water partition coefficient (Wildman–Crippen LogP) is -0.707. The highest BCUT2D eigenvalue weighted by molar-refractivity contribution is 5.88. The van der Waals surface area contributed by atoms with Gasteiger partial charge in [0.15, 0.2) is 0 Å². The number of esters is 1. The molecule has 8 heteroatoms. The maximum absolute atomic E-state index is 11.7. The van der Waals surface area contributed by atoms with Crippen LogP contribution in [0.3, 0.4) is 0 Å². The van der Waals surface area contributed by atoms with E-state index in [1.165, 1.54) is 26.4 Å². The third-order valence-corrected chi connectivity index (χ3v) is 3.29. The molecule has 1 fully saturated rings. The molecular weight excluding hydrogens is 276 g/mol. The fourth-order valence-electron chi connectivity index (χ4n) is 2.10. The molecule has 1 unspecified atom stereocenters. The molecule has 0 radical (unpaired) electrons. The van der Waals surface area contributed by atoms with Crippen LogP contribution in [0.25, 0.3) is 0 Å². The Bertz CT molecular complexity index is 509. The molecule has 1 aromatic rings. The van der Waals surface area contributed by atoms with Gasteiger partial charge >= 0.3 is 5.97 Å². The minimum absolute atomic E-state index is 0.267. The molecule has 8 nitrogen and oxygen atoms in total. The summed E-state index contributed by atoms with van der Waals surface area (Å²) in [6, 6.07) is 0. The zero-order valence-electron chi connectivity index (χ0n) is 12.0. The molecule has 1 aliphatic heterocycles. The summed E-state index contributed by atoms with van der Waals surface area (Å²) in [6.07, 6.45) is 1.86. The topological polar surface area (TPSA) is 95.9 Å². The average Bonchev–Trinajstić information content (AvgIpc) is 2.53. The van der Waals surface area contributed by atoms with Gasteiger partial charge in [-0.25, -0.2) is 14.8 Å². The lowest BCUT2D eigenvalue weighted by Gasteiger charge is -2.35. The second kappa shape index (κ2) is 6.49. The molecule has 114 valence electrons. The van der Waals surface area contributed by atoms with Crippen molar-refractivity contribution in [3.8, 4) is 0 Å². The van der Waals surface area contributed by atoms with Crippen LogP contribution in [0.2, 0.25) is 0 Å². The first-order valence-corrected chi connectivity index (χ1v) is 6.65. The first kappa shape index (κ1) is 15.2. The Hall–Kier alpha value is -2.22. The van der Waals surface area contributed by atoms with Crippen molar-refractivity contribution in [3.63, 3.8) is 0 Å². The van der Waals surface area contributed by atoms with E-state index in [-0.39, 0.29) is 5.91 Å². The normalized spacial score (nSPS) is 16.5. The van der Waals surface area contributed by atoms with Crippen molar-refractivity contribution >= 4 is 17.8 Å². The highest BCUT2D eigenvalue weighted by Gasteiger charge is 2.24. The van der Waals surface area contributed by atoms with E-state index >= 15 is 0 Å². The van der Waals surface area contributed by atoms with Crippen LogP contribution in [0.5, 0.6) is 0 Å². The molecule has 0 aromatic carbocycles. The van der Waals surface area contributed by atoms with E-state index in [0.29, 0.717) is 37.7 Å². The van der Waals surface area contributed by atoms with Gasteiger partial charge in [0.2, 0.25) is 5.95 Å². The number of methoxy groups -OCH3 is 1. The number of piperazine rings is 1. The van der Waals surface area contributed by atoms with Crippen LogP contribution in [0.1, 0.15) is 17.3 Å². The fourth-order valence-corrected chi connectivity index (χ4v) is 2.10. The van der Waals surface area contributed by atoms with Gasteiger partial charge in [-0.1, -0.05) is 0 Å². The first-order valence-electron chi connectivity index (χ1n) is 6.65. The molecular formula is C13H18N4O4. The van der Waals surface area contributed by atoms with Gasteiger partial charge in [-0.2, -0.15) is 0 Å². The minimum atomic E-state index is -0.980. The standard InChI is InChI=1S/C13H18N4O4/c1-9(18)11(19)16-3-5-17(6-4-16)13-14-7-10(8-15-13)12(20)21-2/h7-9,18H,3-6H2,1-2H3. The minimum Gasteiger partial charge on any atom is -0.465 e. The summed E-state index contributed by atoms with van der Waals surface area (Å²) in [5, 5.41) is 9.29. The van der Waals surface area contributed by atoms with Crippen LogP contribution in [0.4, 0.5) is 5.95 Å². The maximum Gasteiger partial charge on any atom is 0.341 e. The molecule has 1 N–H and O–H groups in total. The number of hydrogen-bond acceptors (Lipinski definition) is 7. The van der Waals surface area contributed by atoms with Crippen molar-refractivity contribution in [2.45, 2.75) is 13.0 Å². The molecule has 2 heterocycles. The summed E-state index contributed by atoms with van der Waals surface area (Å²) in [5.41, 5.74) is 0.296. The Morgan fingerprint density at radius 2 is 1.81 bits per heavy atom. The number of rotatable bonds is 3. The number of amides is 1. The van der Waals surface area contributed by atoms with E-state index in [9.17, 15) is 14.7 Å². The largest absolute Gasteiger partial charge is 0.465 e. The number of carbonyl (C=O) groups is 2. The summed E-state index contributed by atoms with van der Waals surface area (Å²) in [7, 11) is 1.30. The molecule has 1 aliphatic rings. The van der Waals surface area contributed by atoms with E-state index in [0.717, 1.165) is 0 Å². The fraction of sp³-hybridized carbons (Fsp3) is 0.538. The van der Waals surface area contributed by atoms with Crippen LogP contribution in [0, 0.1) is 0 Å². The summed E-state index contributed by atoms with van der Waals surface area (Å²) in [5.74, 6) is -0.239. The summed E-state index contributed by atoms with van der Waals surface area (Å²) < 4.78 is 4.58. The lowest BCUT2D eigenvalue weighted by atomic mass is 10.2. The van der Waals surface area contributed by atoms with Crippen LogP contribution in [-0.2, 0) is 9.53 Å². The number of nitrogens with zero attached hydrogens (tertiary/aromatic N) is 4. The van der Waals surface area contributed by atoms with Gasteiger partial charge < -0.3 is 19.6 Å². The van der Waals surface area contributed by atoms with E-state index < -0.39 is 12.1 Å². The molecule has 2 rings (SSSR count). The molecule has 1 aromatic heterocycles. The number of aliphatic hydroxyl groups excluding tert-OH is 1. The molecule has 1 saturated heterocycles. The van der Waals surface area contributed by atoms with Crippen LogP contribution in [-0.4, -0.2) is 71.2 Å². The van der Waals surface area contributed by atoms with Crippen molar-refractivity contribution in [2.75, 3.05) is 38.2 Å². The molecule has 0 spiro atoms. The third-order valence-electron chi connectivity index (χ3n) is 3.29. The highest BCUT2D eigenvalue weighted by Crippen LogP contribution is 2.12. The maximum atomic E-state index is 11.7. The SMILES string of the molecule is COC(=O)c1cnc(N2CCN(C(=O)C(C)O)CC2)nc1. The van der Waals surface area contributed by atoms with Gasteiger partial charge in [0, 0.05) is 38.6 Å². The first-order chi connectivity index (χ1) is 10.0. The number of aromatic nitrogens is 2. The molecule has 0 aliphatic carbocycles. The lowest BCUT2D eigenvalue weighted by Crippen LogP contribution is -2.51. The number of aliphatic hydroxyl groups is 1. The second-order valence-corrected chi connectivity index (χ2v) is 4.75. The Morgan fingerprint density at radius 3 is 2.29 bits per heavy atom. The van der Waals surface area contributed by atoms with Crippen molar-refractivity contribution in [1.82, 2.24) is 14.9 Å². The molecule has 1 atom stereocenters.